The highest BCUT2D eigenvalue weighted by Gasteiger charge is 2.09. The van der Waals surface area contributed by atoms with Gasteiger partial charge < -0.3 is 10.6 Å². The van der Waals surface area contributed by atoms with Gasteiger partial charge in [-0.1, -0.05) is 12.1 Å². The number of nitrogens with zero attached hydrogens (tertiary/aromatic N) is 2. The Morgan fingerprint density at radius 1 is 1.14 bits per heavy atom. The number of carbonyl (C=O) groups is 1. The van der Waals surface area contributed by atoms with Crippen molar-refractivity contribution in [3.63, 3.8) is 0 Å². The molecule has 22 heavy (non-hydrogen) atoms. The first kappa shape index (κ1) is 14.2. The smallest absolute Gasteiger partial charge is 0.256 e. The van der Waals surface area contributed by atoms with Crippen molar-refractivity contribution in [1.29, 1.82) is 0 Å². The van der Waals surface area contributed by atoms with Crippen LogP contribution < -0.4 is 10.6 Å². The van der Waals surface area contributed by atoms with Crippen LogP contribution >= 0.6 is 11.3 Å². The molecule has 0 atom stereocenters. The quantitative estimate of drug-likeness (QED) is 0.768. The van der Waals surface area contributed by atoms with Crippen LogP contribution in [-0.2, 0) is 0 Å². The van der Waals surface area contributed by atoms with Crippen LogP contribution in [0.4, 0.5) is 16.6 Å². The maximum atomic E-state index is 12.3. The maximum Gasteiger partial charge on any atom is 0.256 e. The van der Waals surface area contributed by atoms with Gasteiger partial charge in [-0.2, -0.15) is 0 Å². The molecule has 1 amide bonds. The molecule has 0 unspecified atom stereocenters. The summed E-state index contributed by atoms with van der Waals surface area (Å²) in [5, 5.41) is 8.67. The summed E-state index contributed by atoms with van der Waals surface area (Å²) in [6, 6.07) is 11.0. The molecule has 3 aromatic rings. The summed E-state index contributed by atoms with van der Waals surface area (Å²) >= 11 is 1.50. The van der Waals surface area contributed by atoms with Crippen LogP contribution in [0.3, 0.4) is 0 Å². The fourth-order valence-corrected chi connectivity index (χ4v) is 2.49. The van der Waals surface area contributed by atoms with Gasteiger partial charge in [-0.3, -0.25) is 4.79 Å². The summed E-state index contributed by atoms with van der Waals surface area (Å²) in [5.74, 6) is 0.385. The minimum Gasteiger partial charge on any atom is -0.332 e. The highest BCUT2D eigenvalue weighted by atomic mass is 32.1. The monoisotopic (exact) mass is 310 g/mol. The molecule has 0 spiro atoms. The summed E-state index contributed by atoms with van der Waals surface area (Å²) in [4.78, 5) is 20.7. The Hall–Kier alpha value is -2.73. The Balaban J connectivity index is 1.77. The van der Waals surface area contributed by atoms with E-state index in [1.54, 1.807) is 24.5 Å². The first-order valence-corrected chi connectivity index (χ1v) is 7.60. The summed E-state index contributed by atoms with van der Waals surface area (Å²) in [7, 11) is 0. The number of carbonyl (C=O) groups excluding carboxylic acids is 1. The number of pyridine rings is 1. The van der Waals surface area contributed by atoms with E-state index in [4.69, 9.17) is 0 Å². The minimum atomic E-state index is -0.190. The molecule has 0 bridgehead atoms. The van der Waals surface area contributed by atoms with Gasteiger partial charge in [0.1, 0.15) is 5.82 Å². The van der Waals surface area contributed by atoms with E-state index in [2.05, 4.69) is 20.6 Å². The van der Waals surface area contributed by atoms with E-state index in [0.717, 1.165) is 16.4 Å². The molecule has 0 aliphatic carbocycles. The zero-order chi connectivity index (χ0) is 15.4. The van der Waals surface area contributed by atoms with Crippen molar-refractivity contribution in [3.8, 4) is 0 Å². The lowest BCUT2D eigenvalue weighted by molar-refractivity contribution is 0.102. The SMILES string of the molecule is Cc1cccnc1NC(=O)c1cccc(Nc2nccs2)c1. The van der Waals surface area contributed by atoms with Crippen LogP contribution in [0.1, 0.15) is 15.9 Å². The van der Waals surface area contributed by atoms with Crippen LogP contribution in [0.25, 0.3) is 0 Å². The molecule has 0 aliphatic rings. The number of aromatic nitrogens is 2. The van der Waals surface area contributed by atoms with Crippen LogP contribution in [0.5, 0.6) is 0 Å². The molecule has 3 rings (SSSR count). The van der Waals surface area contributed by atoms with Gasteiger partial charge in [0, 0.05) is 29.0 Å². The van der Waals surface area contributed by atoms with E-state index < -0.39 is 0 Å². The molecule has 0 saturated heterocycles. The molecule has 2 aromatic heterocycles. The summed E-state index contributed by atoms with van der Waals surface area (Å²) in [6.07, 6.45) is 3.39. The fourth-order valence-electron chi connectivity index (χ4n) is 1.94. The molecule has 6 heteroatoms. The second kappa shape index (κ2) is 6.36. The van der Waals surface area contributed by atoms with Gasteiger partial charge >= 0.3 is 0 Å². The van der Waals surface area contributed by atoms with Crippen molar-refractivity contribution in [1.82, 2.24) is 9.97 Å². The van der Waals surface area contributed by atoms with Gasteiger partial charge in [0.15, 0.2) is 5.13 Å². The van der Waals surface area contributed by atoms with E-state index in [-0.39, 0.29) is 5.91 Å². The fraction of sp³-hybridized carbons (Fsp3) is 0.0625. The predicted molar refractivity (Wildman–Crippen MR) is 88.8 cm³/mol. The van der Waals surface area contributed by atoms with Gasteiger partial charge in [0.25, 0.3) is 5.91 Å². The molecule has 0 radical (unpaired) electrons. The first-order chi connectivity index (χ1) is 10.7. The summed E-state index contributed by atoms with van der Waals surface area (Å²) in [5.41, 5.74) is 2.31. The van der Waals surface area contributed by atoms with E-state index in [9.17, 15) is 4.79 Å². The summed E-state index contributed by atoms with van der Waals surface area (Å²) < 4.78 is 0. The average Bonchev–Trinajstić information content (AvgIpc) is 3.03. The molecule has 0 aliphatic heterocycles. The van der Waals surface area contributed by atoms with Crippen molar-refractivity contribution >= 4 is 33.9 Å². The van der Waals surface area contributed by atoms with E-state index >= 15 is 0 Å². The Morgan fingerprint density at radius 2 is 2.05 bits per heavy atom. The molecule has 2 heterocycles. The minimum absolute atomic E-state index is 0.190. The Kier molecular flexibility index (Phi) is 4.11. The van der Waals surface area contributed by atoms with Gasteiger partial charge in [-0.25, -0.2) is 9.97 Å². The van der Waals surface area contributed by atoms with E-state index in [1.807, 2.05) is 36.6 Å². The second-order valence-corrected chi connectivity index (χ2v) is 5.56. The molecule has 0 saturated carbocycles. The van der Waals surface area contributed by atoms with Gasteiger partial charge in [0.2, 0.25) is 0 Å². The number of hydrogen-bond donors (Lipinski definition) is 2. The van der Waals surface area contributed by atoms with E-state index in [1.165, 1.54) is 11.3 Å². The number of nitrogens with one attached hydrogen (secondary N) is 2. The van der Waals surface area contributed by atoms with Crippen LogP contribution in [-0.4, -0.2) is 15.9 Å². The van der Waals surface area contributed by atoms with Crippen LogP contribution in [0, 0.1) is 6.92 Å². The molecule has 1 aromatic carbocycles. The van der Waals surface area contributed by atoms with Gasteiger partial charge in [-0.15, -0.1) is 11.3 Å². The third-order valence-corrected chi connectivity index (χ3v) is 3.74. The summed E-state index contributed by atoms with van der Waals surface area (Å²) in [6.45, 7) is 1.91. The lowest BCUT2D eigenvalue weighted by atomic mass is 10.2. The van der Waals surface area contributed by atoms with E-state index in [0.29, 0.717) is 11.4 Å². The van der Waals surface area contributed by atoms with Crippen molar-refractivity contribution in [2.24, 2.45) is 0 Å². The van der Waals surface area contributed by atoms with Gasteiger partial charge in [0.05, 0.1) is 0 Å². The molecular formula is C16H14N4OS. The normalized spacial score (nSPS) is 10.2. The topological polar surface area (TPSA) is 66.9 Å². The van der Waals surface area contributed by atoms with Crippen molar-refractivity contribution in [3.05, 3.63) is 65.3 Å². The molecule has 110 valence electrons. The van der Waals surface area contributed by atoms with Crippen molar-refractivity contribution < 1.29 is 4.79 Å². The second-order valence-electron chi connectivity index (χ2n) is 4.67. The van der Waals surface area contributed by atoms with Crippen LogP contribution in [0.2, 0.25) is 0 Å². The number of thiazole rings is 1. The lowest BCUT2D eigenvalue weighted by Crippen LogP contribution is -2.14. The maximum absolute atomic E-state index is 12.3. The Morgan fingerprint density at radius 3 is 2.82 bits per heavy atom. The van der Waals surface area contributed by atoms with Crippen LogP contribution in [0.15, 0.2) is 54.2 Å². The number of aryl methyl sites for hydroxylation is 1. The number of benzene rings is 1. The number of anilines is 3. The predicted octanol–water partition coefficient (Wildman–Crippen LogP) is 3.84. The third-order valence-electron chi connectivity index (χ3n) is 3.05. The number of hydrogen-bond acceptors (Lipinski definition) is 5. The Labute approximate surface area is 132 Å². The molecule has 5 nitrogen and oxygen atoms in total. The molecule has 0 fully saturated rings. The largest absolute Gasteiger partial charge is 0.332 e. The van der Waals surface area contributed by atoms with Crippen molar-refractivity contribution in [2.75, 3.05) is 10.6 Å². The third kappa shape index (κ3) is 3.29. The average molecular weight is 310 g/mol. The lowest BCUT2D eigenvalue weighted by Gasteiger charge is -2.08. The highest BCUT2D eigenvalue weighted by molar-refractivity contribution is 7.13. The zero-order valence-corrected chi connectivity index (χ0v) is 12.7. The zero-order valence-electron chi connectivity index (χ0n) is 11.9. The molecular weight excluding hydrogens is 296 g/mol. The first-order valence-electron chi connectivity index (χ1n) is 6.72. The van der Waals surface area contributed by atoms with Crippen molar-refractivity contribution in [2.45, 2.75) is 6.92 Å². The highest BCUT2D eigenvalue weighted by Crippen LogP contribution is 2.20. The van der Waals surface area contributed by atoms with Gasteiger partial charge in [-0.05, 0) is 36.8 Å². The number of rotatable bonds is 4. The standard InChI is InChI=1S/C16H14N4OS/c1-11-4-3-7-17-14(11)20-15(21)12-5-2-6-13(10-12)19-16-18-8-9-22-16/h2-10H,1H3,(H,18,19)(H,17,20,21). The number of amides is 1. The Bertz CT molecular complexity index is 786. The molecule has 2 N–H and O–H groups in total.